The van der Waals surface area contributed by atoms with Gasteiger partial charge in [0.25, 0.3) is 0 Å². The van der Waals surface area contributed by atoms with Crippen molar-refractivity contribution < 1.29 is 14.6 Å². The zero-order valence-electron chi connectivity index (χ0n) is 8.80. The average molecular weight is 188 g/mol. The van der Waals surface area contributed by atoms with Crippen LogP contribution in [-0.4, -0.2) is 24.8 Å². The molecular formula is C10H20O3. The molecule has 1 unspecified atom stereocenters. The Balaban J connectivity index is 4.00. The van der Waals surface area contributed by atoms with Gasteiger partial charge in [0.1, 0.15) is 0 Å². The van der Waals surface area contributed by atoms with Crippen LogP contribution in [0.1, 0.15) is 39.5 Å². The quantitative estimate of drug-likeness (QED) is 0.623. The number of unbranched alkanes of at least 4 members (excludes halogenated alkanes) is 2. The van der Waals surface area contributed by atoms with Crippen LogP contribution in [0, 0.1) is 5.41 Å². The van der Waals surface area contributed by atoms with Crippen LogP contribution < -0.4 is 0 Å². The van der Waals surface area contributed by atoms with E-state index in [1.807, 2.05) is 0 Å². The molecule has 0 aromatic rings. The van der Waals surface area contributed by atoms with Crippen molar-refractivity contribution in [3.8, 4) is 0 Å². The summed E-state index contributed by atoms with van der Waals surface area (Å²) in [5.41, 5.74) is -0.704. The molecule has 0 bridgehead atoms. The molecule has 78 valence electrons. The van der Waals surface area contributed by atoms with Crippen LogP contribution in [0.15, 0.2) is 0 Å². The molecule has 0 spiro atoms. The number of methoxy groups -OCH3 is 1. The van der Waals surface area contributed by atoms with Gasteiger partial charge in [-0.1, -0.05) is 26.2 Å². The van der Waals surface area contributed by atoms with Crippen molar-refractivity contribution in [1.29, 1.82) is 0 Å². The van der Waals surface area contributed by atoms with Crippen LogP contribution in [0.4, 0.5) is 0 Å². The van der Waals surface area contributed by atoms with Crippen LogP contribution in [0.25, 0.3) is 0 Å². The fraction of sp³-hybridized carbons (Fsp3) is 0.900. The standard InChI is InChI=1S/C10H20O3/c1-4-5-6-7-10(2,8-13-3)9(11)12/h4-8H2,1-3H3,(H,11,12). The van der Waals surface area contributed by atoms with Gasteiger partial charge in [0.2, 0.25) is 0 Å². The Bertz CT molecular complexity index is 156. The van der Waals surface area contributed by atoms with Crippen molar-refractivity contribution in [2.24, 2.45) is 5.41 Å². The molecule has 0 amide bonds. The second-order valence-corrected chi connectivity index (χ2v) is 3.76. The Morgan fingerprint density at radius 1 is 1.46 bits per heavy atom. The highest BCUT2D eigenvalue weighted by molar-refractivity contribution is 5.74. The van der Waals surface area contributed by atoms with Crippen molar-refractivity contribution in [2.75, 3.05) is 13.7 Å². The molecule has 0 aliphatic rings. The number of hydrogen-bond donors (Lipinski definition) is 1. The van der Waals surface area contributed by atoms with Crippen molar-refractivity contribution in [1.82, 2.24) is 0 Å². The second kappa shape index (κ2) is 5.97. The molecule has 0 radical (unpaired) electrons. The molecule has 0 fully saturated rings. The van der Waals surface area contributed by atoms with E-state index in [-0.39, 0.29) is 0 Å². The predicted molar refractivity (Wildman–Crippen MR) is 51.8 cm³/mol. The summed E-state index contributed by atoms with van der Waals surface area (Å²) >= 11 is 0. The topological polar surface area (TPSA) is 46.5 Å². The molecule has 13 heavy (non-hydrogen) atoms. The van der Waals surface area contributed by atoms with E-state index in [1.165, 1.54) is 0 Å². The maximum atomic E-state index is 10.9. The average Bonchev–Trinajstić information content (AvgIpc) is 2.05. The lowest BCUT2D eigenvalue weighted by Gasteiger charge is -2.23. The lowest BCUT2D eigenvalue weighted by atomic mass is 9.85. The van der Waals surface area contributed by atoms with Gasteiger partial charge in [0, 0.05) is 7.11 Å². The molecular weight excluding hydrogens is 168 g/mol. The maximum absolute atomic E-state index is 10.9. The van der Waals surface area contributed by atoms with E-state index in [0.29, 0.717) is 13.0 Å². The lowest BCUT2D eigenvalue weighted by molar-refractivity contribution is -0.151. The minimum Gasteiger partial charge on any atom is -0.481 e. The van der Waals surface area contributed by atoms with Gasteiger partial charge in [0.15, 0.2) is 0 Å². The van der Waals surface area contributed by atoms with Gasteiger partial charge >= 0.3 is 5.97 Å². The third kappa shape index (κ3) is 4.27. The van der Waals surface area contributed by atoms with Gasteiger partial charge in [0.05, 0.1) is 12.0 Å². The number of rotatable bonds is 7. The molecule has 0 rings (SSSR count). The van der Waals surface area contributed by atoms with E-state index in [0.717, 1.165) is 19.3 Å². The van der Waals surface area contributed by atoms with Crippen LogP contribution in [0.5, 0.6) is 0 Å². The van der Waals surface area contributed by atoms with E-state index >= 15 is 0 Å². The Kier molecular flexibility index (Phi) is 5.71. The summed E-state index contributed by atoms with van der Waals surface area (Å²) in [6.07, 6.45) is 3.86. The summed E-state index contributed by atoms with van der Waals surface area (Å²) in [7, 11) is 1.54. The van der Waals surface area contributed by atoms with Crippen LogP contribution >= 0.6 is 0 Å². The zero-order valence-corrected chi connectivity index (χ0v) is 8.80. The molecule has 1 atom stereocenters. The molecule has 0 saturated heterocycles. The first-order valence-corrected chi connectivity index (χ1v) is 4.79. The predicted octanol–water partition coefficient (Wildman–Crippen LogP) is 2.30. The first-order chi connectivity index (χ1) is 6.06. The van der Waals surface area contributed by atoms with Gasteiger partial charge in [-0.05, 0) is 13.3 Å². The Morgan fingerprint density at radius 2 is 2.08 bits per heavy atom. The molecule has 0 aliphatic carbocycles. The second-order valence-electron chi connectivity index (χ2n) is 3.76. The zero-order chi connectivity index (χ0) is 10.3. The van der Waals surface area contributed by atoms with E-state index in [2.05, 4.69) is 6.92 Å². The summed E-state index contributed by atoms with van der Waals surface area (Å²) < 4.78 is 4.92. The number of aliphatic carboxylic acids is 1. The molecule has 3 heteroatoms. The van der Waals surface area contributed by atoms with Crippen molar-refractivity contribution in [3.63, 3.8) is 0 Å². The smallest absolute Gasteiger partial charge is 0.311 e. The third-order valence-electron chi connectivity index (χ3n) is 2.31. The van der Waals surface area contributed by atoms with Crippen LogP contribution in [0.3, 0.4) is 0 Å². The Hall–Kier alpha value is -0.570. The Morgan fingerprint density at radius 3 is 2.46 bits per heavy atom. The summed E-state index contributed by atoms with van der Waals surface area (Å²) in [5.74, 6) is -0.759. The number of carboxylic acid groups (broad SMARTS) is 1. The highest BCUT2D eigenvalue weighted by Crippen LogP contribution is 2.25. The first kappa shape index (κ1) is 12.4. The summed E-state index contributed by atoms with van der Waals surface area (Å²) in [4.78, 5) is 10.9. The van der Waals surface area contributed by atoms with E-state index in [4.69, 9.17) is 9.84 Å². The highest BCUT2D eigenvalue weighted by Gasteiger charge is 2.32. The first-order valence-electron chi connectivity index (χ1n) is 4.79. The summed E-state index contributed by atoms with van der Waals surface area (Å²) in [6, 6.07) is 0. The molecule has 0 aromatic carbocycles. The lowest BCUT2D eigenvalue weighted by Crippen LogP contribution is -2.32. The molecule has 1 N–H and O–H groups in total. The van der Waals surface area contributed by atoms with Crippen molar-refractivity contribution >= 4 is 5.97 Å². The fourth-order valence-corrected chi connectivity index (χ4v) is 1.32. The van der Waals surface area contributed by atoms with Gasteiger partial charge in [-0.2, -0.15) is 0 Å². The van der Waals surface area contributed by atoms with Gasteiger partial charge in [-0.3, -0.25) is 4.79 Å². The van der Waals surface area contributed by atoms with Crippen LogP contribution in [0.2, 0.25) is 0 Å². The monoisotopic (exact) mass is 188 g/mol. The number of ether oxygens (including phenoxy) is 1. The number of carbonyl (C=O) groups is 1. The molecule has 3 nitrogen and oxygen atoms in total. The highest BCUT2D eigenvalue weighted by atomic mass is 16.5. The SMILES string of the molecule is CCCCCC(C)(COC)C(=O)O. The number of hydrogen-bond acceptors (Lipinski definition) is 2. The normalized spacial score (nSPS) is 15.3. The minimum atomic E-state index is -0.759. The molecule has 0 aliphatic heterocycles. The maximum Gasteiger partial charge on any atom is 0.311 e. The van der Waals surface area contributed by atoms with Gasteiger partial charge in [-0.15, -0.1) is 0 Å². The van der Waals surface area contributed by atoms with E-state index in [1.54, 1.807) is 14.0 Å². The van der Waals surface area contributed by atoms with Gasteiger partial charge < -0.3 is 9.84 Å². The van der Waals surface area contributed by atoms with Gasteiger partial charge in [-0.25, -0.2) is 0 Å². The van der Waals surface area contributed by atoms with Crippen molar-refractivity contribution in [2.45, 2.75) is 39.5 Å². The van der Waals surface area contributed by atoms with E-state index in [9.17, 15) is 4.79 Å². The fourth-order valence-electron chi connectivity index (χ4n) is 1.32. The van der Waals surface area contributed by atoms with Crippen molar-refractivity contribution in [3.05, 3.63) is 0 Å². The largest absolute Gasteiger partial charge is 0.481 e. The summed E-state index contributed by atoms with van der Waals surface area (Å²) in [6.45, 7) is 4.15. The molecule has 0 saturated carbocycles. The summed E-state index contributed by atoms with van der Waals surface area (Å²) in [5, 5.41) is 8.98. The van der Waals surface area contributed by atoms with E-state index < -0.39 is 11.4 Å². The molecule has 0 aromatic heterocycles. The third-order valence-corrected chi connectivity index (χ3v) is 2.31. The minimum absolute atomic E-state index is 0.298. The molecule has 0 heterocycles. The number of carboxylic acids is 1. The van der Waals surface area contributed by atoms with Crippen LogP contribution in [-0.2, 0) is 9.53 Å². The Labute approximate surface area is 80.1 Å².